The smallest absolute Gasteiger partial charge is 0.102 e. The number of rotatable bonds is 4. The van der Waals surface area contributed by atoms with Crippen molar-refractivity contribution in [1.29, 1.82) is 0 Å². The van der Waals surface area contributed by atoms with Crippen LogP contribution < -0.4 is 10.2 Å². The molecule has 0 aliphatic carbocycles. The largest absolute Gasteiger partial charge is 0.378 e. The predicted molar refractivity (Wildman–Crippen MR) is 83.1 cm³/mol. The van der Waals surface area contributed by atoms with Crippen LogP contribution in [-0.4, -0.2) is 29.1 Å². The lowest BCUT2D eigenvalue weighted by atomic mass is 10.1. The van der Waals surface area contributed by atoms with Gasteiger partial charge in [0.25, 0.3) is 0 Å². The molecule has 0 radical (unpaired) electrons. The van der Waals surface area contributed by atoms with E-state index >= 15 is 0 Å². The van der Waals surface area contributed by atoms with Gasteiger partial charge in [0.1, 0.15) is 5.69 Å². The van der Waals surface area contributed by atoms with Crippen LogP contribution in [0, 0.1) is 0 Å². The average Bonchev–Trinajstić information content (AvgIpc) is 2.85. The zero-order valence-corrected chi connectivity index (χ0v) is 12.9. The lowest BCUT2D eigenvalue weighted by molar-refractivity contribution is 0.347. The molecule has 0 bridgehead atoms. The van der Waals surface area contributed by atoms with E-state index in [-0.39, 0.29) is 5.54 Å². The fourth-order valence-electron chi connectivity index (χ4n) is 1.91. The molecule has 5 heteroatoms. The lowest BCUT2D eigenvalue weighted by Gasteiger charge is -2.18. The topological polar surface area (TPSA) is 46.0 Å². The van der Waals surface area contributed by atoms with E-state index in [2.05, 4.69) is 53.4 Å². The number of aromatic nitrogens is 3. The van der Waals surface area contributed by atoms with E-state index in [1.54, 1.807) is 0 Å². The Morgan fingerprint density at radius 3 is 2.50 bits per heavy atom. The van der Waals surface area contributed by atoms with Crippen LogP contribution in [0.15, 0.2) is 30.5 Å². The van der Waals surface area contributed by atoms with Gasteiger partial charge < -0.3 is 10.2 Å². The highest BCUT2D eigenvalue weighted by Gasteiger charge is 2.15. The van der Waals surface area contributed by atoms with Gasteiger partial charge in [-0.05, 0) is 32.9 Å². The first-order valence-electron chi connectivity index (χ1n) is 6.80. The quantitative estimate of drug-likeness (QED) is 0.930. The summed E-state index contributed by atoms with van der Waals surface area (Å²) in [6.45, 7) is 7.00. The second-order valence-electron chi connectivity index (χ2n) is 6.09. The molecule has 0 aliphatic rings. The minimum absolute atomic E-state index is 0.0349. The summed E-state index contributed by atoms with van der Waals surface area (Å²) < 4.78 is 1.89. The molecule has 108 valence electrons. The molecule has 0 unspecified atom stereocenters. The van der Waals surface area contributed by atoms with Gasteiger partial charge in [0, 0.05) is 14.1 Å². The molecule has 5 nitrogen and oxygen atoms in total. The first kappa shape index (κ1) is 14.4. The summed E-state index contributed by atoms with van der Waals surface area (Å²) in [4.78, 5) is 2.09. The summed E-state index contributed by atoms with van der Waals surface area (Å²) in [5.74, 6) is 0. The zero-order chi connectivity index (χ0) is 14.8. The van der Waals surface area contributed by atoms with E-state index in [0.29, 0.717) is 6.54 Å². The molecule has 0 amide bonds. The molecule has 0 saturated heterocycles. The SMILES string of the molecule is CN(C)c1ccccc1NCc1cn(C(C)(C)C)nn1. The van der Waals surface area contributed by atoms with Crippen LogP contribution in [0.25, 0.3) is 0 Å². The third kappa shape index (κ3) is 3.29. The summed E-state index contributed by atoms with van der Waals surface area (Å²) in [6, 6.07) is 8.23. The summed E-state index contributed by atoms with van der Waals surface area (Å²) in [7, 11) is 4.08. The van der Waals surface area contributed by atoms with Gasteiger partial charge in [-0.3, -0.25) is 0 Å². The third-order valence-electron chi connectivity index (χ3n) is 3.07. The molecule has 1 aromatic carbocycles. The van der Waals surface area contributed by atoms with E-state index in [1.807, 2.05) is 37.1 Å². The molecule has 0 spiro atoms. The van der Waals surface area contributed by atoms with Crippen molar-refractivity contribution in [3.05, 3.63) is 36.2 Å². The van der Waals surface area contributed by atoms with Gasteiger partial charge in [-0.25, -0.2) is 4.68 Å². The molecular formula is C15H23N5. The van der Waals surface area contributed by atoms with Crippen molar-refractivity contribution < 1.29 is 0 Å². The van der Waals surface area contributed by atoms with E-state index in [9.17, 15) is 0 Å². The molecule has 1 aromatic heterocycles. The van der Waals surface area contributed by atoms with Gasteiger partial charge in [-0.2, -0.15) is 0 Å². The first-order valence-corrected chi connectivity index (χ1v) is 6.80. The maximum Gasteiger partial charge on any atom is 0.102 e. The molecule has 1 N–H and O–H groups in total. The van der Waals surface area contributed by atoms with Crippen molar-refractivity contribution >= 4 is 11.4 Å². The monoisotopic (exact) mass is 273 g/mol. The molecule has 0 fully saturated rings. The van der Waals surface area contributed by atoms with Crippen LogP contribution in [0.1, 0.15) is 26.5 Å². The summed E-state index contributed by atoms with van der Waals surface area (Å²) in [5.41, 5.74) is 3.17. The Morgan fingerprint density at radius 2 is 1.90 bits per heavy atom. The summed E-state index contributed by atoms with van der Waals surface area (Å²) >= 11 is 0. The Morgan fingerprint density at radius 1 is 1.20 bits per heavy atom. The summed E-state index contributed by atoms with van der Waals surface area (Å²) in [5, 5.41) is 11.8. The summed E-state index contributed by atoms with van der Waals surface area (Å²) in [6.07, 6.45) is 1.99. The minimum atomic E-state index is -0.0349. The van der Waals surface area contributed by atoms with Crippen molar-refractivity contribution in [2.75, 3.05) is 24.3 Å². The lowest BCUT2D eigenvalue weighted by Crippen LogP contribution is -2.22. The van der Waals surface area contributed by atoms with Crippen LogP contribution >= 0.6 is 0 Å². The van der Waals surface area contributed by atoms with Crippen molar-refractivity contribution in [3.8, 4) is 0 Å². The second-order valence-corrected chi connectivity index (χ2v) is 6.09. The fourth-order valence-corrected chi connectivity index (χ4v) is 1.91. The molecular weight excluding hydrogens is 250 g/mol. The molecule has 0 aliphatic heterocycles. The van der Waals surface area contributed by atoms with E-state index < -0.39 is 0 Å². The molecule has 0 saturated carbocycles. The van der Waals surface area contributed by atoms with Crippen molar-refractivity contribution in [2.24, 2.45) is 0 Å². The van der Waals surface area contributed by atoms with Gasteiger partial charge in [0.05, 0.1) is 29.7 Å². The van der Waals surface area contributed by atoms with Crippen molar-refractivity contribution in [3.63, 3.8) is 0 Å². The van der Waals surface area contributed by atoms with E-state index in [4.69, 9.17) is 0 Å². The number of anilines is 2. The number of hydrogen-bond donors (Lipinski definition) is 1. The number of para-hydroxylation sites is 2. The normalized spacial score (nSPS) is 11.4. The maximum absolute atomic E-state index is 4.21. The Bertz CT molecular complexity index is 566. The number of nitrogens with one attached hydrogen (secondary N) is 1. The highest BCUT2D eigenvalue weighted by atomic mass is 15.4. The maximum atomic E-state index is 4.21. The van der Waals surface area contributed by atoms with Crippen LogP contribution in [0.2, 0.25) is 0 Å². The number of benzene rings is 1. The zero-order valence-electron chi connectivity index (χ0n) is 12.9. The van der Waals surface area contributed by atoms with Crippen molar-refractivity contribution in [1.82, 2.24) is 15.0 Å². The number of hydrogen-bond acceptors (Lipinski definition) is 4. The van der Waals surface area contributed by atoms with Crippen LogP contribution in [0.4, 0.5) is 11.4 Å². The molecule has 20 heavy (non-hydrogen) atoms. The Labute approximate surface area is 120 Å². The highest BCUT2D eigenvalue weighted by Crippen LogP contribution is 2.23. The van der Waals surface area contributed by atoms with Crippen LogP contribution in [-0.2, 0) is 12.1 Å². The standard InChI is InChI=1S/C15H23N5/c1-15(2,3)20-11-12(17-18-20)10-16-13-8-6-7-9-14(13)19(4)5/h6-9,11,16H,10H2,1-5H3. The van der Waals surface area contributed by atoms with Crippen molar-refractivity contribution in [2.45, 2.75) is 32.9 Å². The Kier molecular flexibility index (Phi) is 3.97. The van der Waals surface area contributed by atoms with Crippen LogP contribution in [0.3, 0.4) is 0 Å². The molecule has 2 aromatic rings. The van der Waals surface area contributed by atoms with Gasteiger partial charge in [0.15, 0.2) is 0 Å². The second kappa shape index (κ2) is 5.53. The average molecular weight is 273 g/mol. The molecule has 2 rings (SSSR count). The van der Waals surface area contributed by atoms with Gasteiger partial charge >= 0.3 is 0 Å². The first-order chi connectivity index (χ1) is 9.38. The highest BCUT2D eigenvalue weighted by molar-refractivity contribution is 5.69. The van der Waals surface area contributed by atoms with Crippen LogP contribution in [0.5, 0.6) is 0 Å². The molecule has 1 heterocycles. The van der Waals surface area contributed by atoms with E-state index in [0.717, 1.165) is 17.1 Å². The van der Waals surface area contributed by atoms with Gasteiger partial charge in [-0.1, -0.05) is 17.3 Å². The third-order valence-corrected chi connectivity index (χ3v) is 3.07. The van der Waals surface area contributed by atoms with Gasteiger partial charge in [0.2, 0.25) is 0 Å². The minimum Gasteiger partial charge on any atom is -0.378 e. The Balaban J connectivity index is 2.08. The van der Waals surface area contributed by atoms with E-state index in [1.165, 1.54) is 0 Å². The molecule has 0 atom stereocenters. The Hall–Kier alpha value is -2.04. The predicted octanol–water partition coefficient (Wildman–Crippen LogP) is 2.71. The number of nitrogens with zero attached hydrogens (tertiary/aromatic N) is 4. The fraction of sp³-hybridized carbons (Fsp3) is 0.467. The van der Waals surface area contributed by atoms with Gasteiger partial charge in [-0.15, -0.1) is 5.10 Å².